The van der Waals surface area contributed by atoms with Crippen LogP contribution < -0.4 is 4.74 Å². The Bertz CT molecular complexity index is 1070. The summed E-state index contributed by atoms with van der Waals surface area (Å²) in [5.74, 6) is -2.14. The van der Waals surface area contributed by atoms with E-state index < -0.39 is 35.4 Å². The van der Waals surface area contributed by atoms with Crippen molar-refractivity contribution in [2.75, 3.05) is 6.61 Å². The maximum absolute atomic E-state index is 15.6. The van der Waals surface area contributed by atoms with Gasteiger partial charge in [0.25, 0.3) is 5.91 Å². The van der Waals surface area contributed by atoms with Crippen molar-refractivity contribution in [3.63, 3.8) is 0 Å². The molecular formula is C28H33F2NO4. The van der Waals surface area contributed by atoms with E-state index in [0.717, 1.165) is 41.1 Å². The Morgan fingerprint density at radius 2 is 1.69 bits per heavy atom. The van der Waals surface area contributed by atoms with Crippen LogP contribution in [0.4, 0.5) is 8.78 Å². The quantitative estimate of drug-likeness (QED) is 0.527. The largest absolute Gasteiger partial charge is 0.493 e. The first-order valence-electron chi connectivity index (χ1n) is 13.5. The number of nitrogens with zero attached hydrogens (tertiary/aromatic N) is 1. The molecule has 1 N–H and O–H groups in total. The lowest BCUT2D eigenvalue weighted by Gasteiger charge is -2.56. The van der Waals surface area contributed by atoms with Gasteiger partial charge < -0.3 is 9.84 Å². The van der Waals surface area contributed by atoms with Gasteiger partial charge in [-0.1, -0.05) is 0 Å². The molecule has 6 bridgehead atoms. The van der Waals surface area contributed by atoms with Crippen molar-refractivity contribution in [3.8, 4) is 5.75 Å². The van der Waals surface area contributed by atoms with Crippen LogP contribution in [-0.4, -0.2) is 40.3 Å². The van der Waals surface area contributed by atoms with Crippen LogP contribution in [0.15, 0.2) is 12.1 Å². The van der Waals surface area contributed by atoms with Gasteiger partial charge in [0.05, 0.1) is 12.2 Å². The van der Waals surface area contributed by atoms with Gasteiger partial charge in [0.15, 0.2) is 5.79 Å². The van der Waals surface area contributed by atoms with Crippen LogP contribution in [0, 0.1) is 34.9 Å². The number of carbonyl (C=O) groups is 2. The van der Waals surface area contributed by atoms with Crippen LogP contribution in [0.1, 0.15) is 92.5 Å². The fourth-order valence-electron chi connectivity index (χ4n) is 8.98. The van der Waals surface area contributed by atoms with Gasteiger partial charge >= 0.3 is 5.97 Å². The van der Waals surface area contributed by atoms with Crippen LogP contribution in [0.25, 0.3) is 0 Å². The van der Waals surface area contributed by atoms with Gasteiger partial charge in [-0.25, -0.2) is 13.6 Å². The van der Waals surface area contributed by atoms with Crippen LogP contribution in [0.2, 0.25) is 0 Å². The highest BCUT2D eigenvalue weighted by atomic mass is 19.1. The Kier molecular flexibility index (Phi) is 4.68. The summed E-state index contributed by atoms with van der Waals surface area (Å²) in [7, 11) is 0. The fraction of sp³-hybridized carbons (Fsp3) is 0.714. The van der Waals surface area contributed by atoms with Crippen molar-refractivity contribution in [3.05, 3.63) is 29.1 Å². The number of amides is 1. The van der Waals surface area contributed by atoms with Gasteiger partial charge in [-0.15, -0.1) is 0 Å². The highest BCUT2D eigenvalue weighted by molar-refractivity contribution is 5.98. The number of hydrogen-bond acceptors (Lipinski definition) is 3. The molecule has 0 unspecified atom stereocenters. The number of carbonyl (C=O) groups excluding carboxylic acids is 1. The number of carboxylic acid groups (broad SMARTS) is 1. The van der Waals surface area contributed by atoms with E-state index in [0.29, 0.717) is 18.8 Å². The van der Waals surface area contributed by atoms with Crippen LogP contribution in [0.3, 0.4) is 0 Å². The Morgan fingerprint density at radius 3 is 2.29 bits per heavy atom. The summed E-state index contributed by atoms with van der Waals surface area (Å²) in [6.07, 6.45) is 10.1. The Labute approximate surface area is 204 Å². The molecule has 6 aliphatic carbocycles. The first kappa shape index (κ1) is 22.1. The summed E-state index contributed by atoms with van der Waals surface area (Å²) in [5, 5.41) is 9.69. The molecule has 0 spiro atoms. The summed E-state index contributed by atoms with van der Waals surface area (Å²) in [6, 6.07) is 1.59. The second kappa shape index (κ2) is 7.42. The van der Waals surface area contributed by atoms with E-state index in [2.05, 4.69) is 0 Å². The number of likely N-dealkylation sites (tertiary alicyclic amines) is 1. The minimum atomic E-state index is -2.01. The molecule has 8 rings (SSSR count). The minimum Gasteiger partial charge on any atom is -0.493 e. The van der Waals surface area contributed by atoms with Crippen LogP contribution in [-0.2, 0) is 4.79 Å². The van der Waals surface area contributed by atoms with Crippen molar-refractivity contribution in [1.29, 1.82) is 0 Å². The zero-order chi connectivity index (χ0) is 24.1. The van der Waals surface area contributed by atoms with E-state index in [9.17, 15) is 14.7 Å². The van der Waals surface area contributed by atoms with E-state index in [1.165, 1.54) is 50.7 Å². The van der Waals surface area contributed by atoms with Gasteiger partial charge in [-0.05, 0) is 99.0 Å². The molecule has 7 heteroatoms. The number of halogens is 2. The molecule has 1 aromatic carbocycles. The lowest BCUT2D eigenvalue weighted by Crippen LogP contribution is -2.53. The number of carboxylic acids is 1. The number of ether oxygens (including phenoxy) is 1. The standard InChI is InChI=1S/C28H33F2NO4/c29-22-9-23(35-14-27-10-15-5-16(11-27)7-17(6-15)12-27)20(18-1-2-18)8-21(22)25(32)31-24(26(33)34)19-3-4-28(31,30)13-19/h8-9,15-19,24H,1-7,10-14H2,(H,33,34)/t15?,16?,17?,19-,24-,27?,28+/m0/s1. The molecule has 1 aliphatic heterocycles. The predicted octanol–water partition coefficient (Wildman–Crippen LogP) is 5.67. The third-order valence-electron chi connectivity index (χ3n) is 10.1. The molecule has 1 saturated heterocycles. The zero-order valence-corrected chi connectivity index (χ0v) is 20.0. The average molecular weight is 486 g/mol. The first-order chi connectivity index (χ1) is 16.7. The molecule has 1 aromatic rings. The SMILES string of the molecule is O=C(O)[C@@H]1[C@H]2CC[C@](F)(C2)N1C(=O)c1cc(C2CC2)c(OCC23CC4CC(CC(C4)C2)C3)cc1F. The number of fused-ring (bicyclic) bond motifs is 2. The molecular weight excluding hydrogens is 452 g/mol. The van der Waals surface area contributed by atoms with Crippen molar-refractivity contribution < 1.29 is 28.2 Å². The first-order valence-corrected chi connectivity index (χ1v) is 13.5. The third kappa shape index (κ3) is 3.43. The molecule has 5 nitrogen and oxygen atoms in total. The van der Waals surface area contributed by atoms with Gasteiger partial charge in [-0.3, -0.25) is 9.69 Å². The number of hydrogen-bond donors (Lipinski definition) is 1. The molecule has 7 fully saturated rings. The second-order valence-corrected chi connectivity index (χ2v) is 12.7. The van der Waals surface area contributed by atoms with Crippen molar-refractivity contribution >= 4 is 11.9 Å². The van der Waals surface area contributed by atoms with Crippen LogP contribution >= 0.6 is 0 Å². The molecule has 1 amide bonds. The van der Waals surface area contributed by atoms with Crippen molar-refractivity contribution in [2.24, 2.45) is 29.1 Å². The van der Waals surface area contributed by atoms with Crippen LogP contribution in [0.5, 0.6) is 5.75 Å². The summed E-state index contributed by atoms with van der Waals surface area (Å²) in [6.45, 7) is 0.589. The Hall–Kier alpha value is -2.18. The van der Waals surface area contributed by atoms with Gasteiger partial charge in [0.1, 0.15) is 17.6 Å². The molecule has 188 valence electrons. The maximum atomic E-state index is 15.6. The normalized spacial score (nSPS) is 41.0. The fourth-order valence-corrected chi connectivity index (χ4v) is 8.98. The van der Waals surface area contributed by atoms with Crippen molar-refractivity contribution in [1.82, 2.24) is 4.90 Å². The highest BCUT2D eigenvalue weighted by Crippen LogP contribution is 2.60. The average Bonchev–Trinajstić information content (AvgIpc) is 3.50. The third-order valence-corrected chi connectivity index (χ3v) is 10.1. The molecule has 0 radical (unpaired) electrons. The summed E-state index contributed by atoms with van der Waals surface area (Å²) >= 11 is 0. The predicted molar refractivity (Wildman–Crippen MR) is 123 cm³/mol. The van der Waals surface area contributed by atoms with E-state index in [1.807, 2.05) is 0 Å². The number of alkyl halides is 1. The summed E-state index contributed by atoms with van der Waals surface area (Å²) < 4.78 is 37.3. The zero-order valence-electron chi connectivity index (χ0n) is 20.0. The van der Waals surface area contributed by atoms with Gasteiger partial charge in [-0.2, -0.15) is 0 Å². The van der Waals surface area contributed by atoms with Gasteiger partial charge in [0.2, 0.25) is 0 Å². The Morgan fingerprint density at radius 1 is 1.03 bits per heavy atom. The minimum absolute atomic E-state index is 0.0130. The van der Waals surface area contributed by atoms with E-state index >= 15 is 8.78 Å². The molecule has 3 atom stereocenters. The summed E-state index contributed by atoms with van der Waals surface area (Å²) in [5.41, 5.74) is 0.762. The monoisotopic (exact) mass is 485 g/mol. The second-order valence-electron chi connectivity index (χ2n) is 12.7. The lowest BCUT2D eigenvalue weighted by molar-refractivity contribution is -0.147. The van der Waals surface area contributed by atoms with Gasteiger partial charge in [0, 0.05) is 24.3 Å². The molecule has 0 aromatic heterocycles. The highest BCUT2D eigenvalue weighted by Gasteiger charge is 2.62. The maximum Gasteiger partial charge on any atom is 0.326 e. The molecule has 7 aliphatic rings. The number of aliphatic carboxylic acids is 1. The summed E-state index contributed by atoms with van der Waals surface area (Å²) in [4.78, 5) is 26.1. The molecule has 35 heavy (non-hydrogen) atoms. The van der Waals surface area contributed by atoms with E-state index in [4.69, 9.17) is 4.74 Å². The topological polar surface area (TPSA) is 66.8 Å². The molecule has 6 saturated carbocycles. The van der Waals surface area contributed by atoms with Crippen molar-refractivity contribution in [2.45, 2.75) is 88.4 Å². The lowest BCUT2D eigenvalue weighted by atomic mass is 9.50. The molecule has 1 heterocycles. The van der Waals surface area contributed by atoms with E-state index in [-0.39, 0.29) is 29.7 Å². The van der Waals surface area contributed by atoms with E-state index in [1.54, 1.807) is 0 Å². The smallest absolute Gasteiger partial charge is 0.326 e. The Balaban J connectivity index is 1.17. The number of rotatable bonds is 6. The number of piperidine rings is 1. The number of benzene rings is 1.